The molecule has 2 aromatic rings. The molecule has 2 saturated heterocycles. The van der Waals surface area contributed by atoms with Gasteiger partial charge < -0.3 is 15.5 Å². The molecule has 0 aromatic carbocycles. The summed E-state index contributed by atoms with van der Waals surface area (Å²) >= 11 is 0. The van der Waals surface area contributed by atoms with Gasteiger partial charge >= 0.3 is 0 Å². The van der Waals surface area contributed by atoms with Crippen molar-refractivity contribution in [2.45, 2.75) is 32.2 Å². The summed E-state index contributed by atoms with van der Waals surface area (Å²) in [6.45, 7) is 6.40. The Morgan fingerprint density at radius 2 is 1.89 bits per heavy atom. The van der Waals surface area contributed by atoms with Gasteiger partial charge in [0.05, 0.1) is 0 Å². The molecule has 2 N–H and O–H groups in total. The van der Waals surface area contributed by atoms with Gasteiger partial charge in [-0.05, 0) is 30.4 Å². The quantitative estimate of drug-likeness (QED) is 0.744. The summed E-state index contributed by atoms with van der Waals surface area (Å²) < 4.78 is 1.38. The van der Waals surface area contributed by atoms with Crippen molar-refractivity contribution in [1.82, 2.24) is 24.9 Å². The molecule has 0 bridgehead atoms. The van der Waals surface area contributed by atoms with Gasteiger partial charge in [-0.2, -0.15) is 0 Å². The third-order valence-electron chi connectivity index (χ3n) is 5.82. The van der Waals surface area contributed by atoms with E-state index in [9.17, 15) is 14.4 Å². The number of nitrogens with zero attached hydrogens (tertiary/aromatic N) is 3. The summed E-state index contributed by atoms with van der Waals surface area (Å²) in [5.41, 5.74) is -0.482. The standard InChI is InChI=1S/C20H25N5O3/c1-19(2)12-22-18(28)20(23-13-19)6-9-24(10-7-20)16(26)14-11-21-15-5-3-4-8-25(15)17(14)27/h3-5,8,11,23H,6-7,9-10,12-13H2,1-2H3,(H,22,28). The molecule has 8 heteroatoms. The van der Waals surface area contributed by atoms with E-state index in [0.717, 1.165) is 6.54 Å². The van der Waals surface area contributed by atoms with Crippen molar-refractivity contribution in [2.75, 3.05) is 26.2 Å². The highest BCUT2D eigenvalue weighted by Crippen LogP contribution is 2.27. The molecule has 28 heavy (non-hydrogen) atoms. The van der Waals surface area contributed by atoms with Gasteiger partial charge in [0.1, 0.15) is 16.7 Å². The van der Waals surface area contributed by atoms with E-state index in [-0.39, 0.29) is 28.4 Å². The molecule has 0 unspecified atom stereocenters. The third-order valence-corrected chi connectivity index (χ3v) is 5.82. The highest BCUT2D eigenvalue weighted by molar-refractivity contribution is 5.94. The van der Waals surface area contributed by atoms with Gasteiger partial charge in [0.2, 0.25) is 5.91 Å². The van der Waals surface area contributed by atoms with Crippen LogP contribution >= 0.6 is 0 Å². The summed E-state index contributed by atoms with van der Waals surface area (Å²) in [5.74, 6) is -0.336. The van der Waals surface area contributed by atoms with Crippen LogP contribution in [-0.4, -0.2) is 57.8 Å². The Morgan fingerprint density at radius 3 is 2.64 bits per heavy atom. The van der Waals surface area contributed by atoms with Crippen LogP contribution in [0.3, 0.4) is 0 Å². The van der Waals surface area contributed by atoms with E-state index in [2.05, 4.69) is 29.5 Å². The topological polar surface area (TPSA) is 95.8 Å². The van der Waals surface area contributed by atoms with Crippen molar-refractivity contribution in [3.63, 3.8) is 0 Å². The largest absolute Gasteiger partial charge is 0.354 e. The van der Waals surface area contributed by atoms with Crippen LogP contribution in [0, 0.1) is 5.41 Å². The molecule has 4 heterocycles. The second-order valence-electron chi connectivity index (χ2n) is 8.48. The maximum Gasteiger partial charge on any atom is 0.270 e. The van der Waals surface area contributed by atoms with Crippen LogP contribution in [0.4, 0.5) is 0 Å². The zero-order valence-electron chi connectivity index (χ0n) is 16.2. The first-order valence-electron chi connectivity index (χ1n) is 9.60. The van der Waals surface area contributed by atoms with E-state index in [1.54, 1.807) is 29.3 Å². The highest BCUT2D eigenvalue weighted by Gasteiger charge is 2.45. The van der Waals surface area contributed by atoms with Crippen LogP contribution in [-0.2, 0) is 4.79 Å². The lowest BCUT2D eigenvalue weighted by Crippen LogP contribution is -2.61. The summed E-state index contributed by atoms with van der Waals surface area (Å²) in [6, 6.07) is 5.24. The summed E-state index contributed by atoms with van der Waals surface area (Å²) in [4.78, 5) is 44.2. The Balaban J connectivity index is 1.53. The fourth-order valence-electron chi connectivity index (χ4n) is 3.88. The maximum absolute atomic E-state index is 12.9. The van der Waals surface area contributed by atoms with Crippen molar-refractivity contribution in [2.24, 2.45) is 5.41 Å². The Morgan fingerprint density at radius 1 is 1.14 bits per heavy atom. The van der Waals surface area contributed by atoms with Gasteiger partial charge in [-0.1, -0.05) is 19.9 Å². The lowest BCUT2D eigenvalue weighted by Gasteiger charge is -2.40. The molecule has 2 fully saturated rings. The molecule has 148 valence electrons. The first-order valence-corrected chi connectivity index (χ1v) is 9.60. The maximum atomic E-state index is 12.9. The number of pyridine rings is 1. The minimum Gasteiger partial charge on any atom is -0.354 e. The molecular formula is C20H25N5O3. The molecule has 0 atom stereocenters. The number of amides is 2. The lowest BCUT2D eigenvalue weighted by atomic mass is 9.86. The molecule has 4 rings (SSSR count). The van der Waals surface area contributed by atoms with Gasteiger partial charge in [0.25, 0.3) is 11.5 Å². The zero-order valence-corrected chi connectivity index (χ0v) is 16.2. The average Bonchev–Trinajstić information content (AvgIpc) is 2.81. The summed E-state index contributed by atoms with van der Waals surface area (Å²) in [7, 11) is 0. The normalized spacial score (nSPS) is 21.4. The lowest BCUT2D eigenvalue weighted by molar-refractivity contribution is -0.128. The second kappa shape index (κ2) is 6.70. The molecule has 2 amide bonds. The number of carbonyl (C=O) groups is 2. The van der Waals surface area contributed by atoms with Crippen molar-refractivity contribution in [3.8, 4) is 0 Å². The Kier molecular flexibility index (Phi) is 4.45. The molecule has 1 spiro atoms. The minimum absolute atomic E-state index is 0.00221. The number of aromatic nitrogens is 2. The van der Waals surface area contributed by atoms with E-state index >= 15 is 0 Å². The Hall–Kier alpha value is -2.74. The molecule has 0 aliphatic carbocycles. The van der Waals surface area contributed by atoms with Crippen LogP contribution in [0.15, 0.2) is 35.4 Å². The number of fused-ring (bicyclic) bond motifs is 1. The van der Waals surface area contributed by atoms with Gasteiger partial charge in [0, 0.05) is 38.6 Å². The SMILES string of the molecule is CC1(C)CNC(=O)C2(CCN(C(=O)c3cnc4ccccn4c3=O)CC2)NC1. The van der Waals surface area contributed by atoms with Crippen molar-refractivity contribution in [3.05, 3.63) is 46.5 Å². The van der Waals surface area contributed by atoms with Crippen LogP contribution < -0.4 is 16.2 Å². The predicted molar refractivity (Wildman–Crippen MR) is 104 cm³/mol. The number of likely N-dealkylation sites (tertiary alicyclic amines) is 1. The first-order chi connectivity index (χ1) is 13.3. The second-order valence-corrected chi connectivity index (χ2v) is 8.48. The number of piperidine rings is 1. The number of carbonyl (C=O) groups excluding carboxylic acids is 2. The Bertz CT molecular complexity index is 989. The third kappa shape index (κ3) is 3.17. The van der Waals surface area contributed by atoms with Gasteiger partial charge in [-0.15, -0.1) is 0 Å². The Labute approximate surface area is 162 Å². The van der Waals surface area contributed by atoms with E-state index in [1.165, 1.54) is 10.6 Å². The van der Waals surface area contributed by atoms with Crippen molar-refractivity contribution in [1.29, 1.82) is 0 Å². The van der Waals surface area contributed by atoms with E-state index < -0.39 is 5.54 Å². The molecule has 0 radical (unpaired) electrons. The molecule has 8 nitrogen and oxygen atoms in total. The highest BCUT2D eigenvalue weighted by atomic mass is 16.2. The molecule has 2 aliphatic rings. The van der Waals surface area contributed by atoms with Crippen LogP contribution in [0.5, 0.6) is 0 Å². The predicted octanol–water partition coefficient (Wildman–Crippen LogP) is 0.415. The smallest absolute Gasteiger partial charge is 0.270 e. The van der Waals surface area contributed by atoms with Gasteiger partial charge in [-0.25, -0.2) is 4.98 Å². The first kappa shape index (κ1) is 18.6. The van der Waals surface area contributed by atoms with E-state index in [0.29, 0.717) is 38.1 Å². The van der Waals surface area contributed by atoms with Gasteiger partial charge in [-0.3, -0.25) is 18.8 Å². The summed E-state index contributed by atoms with van der Waals surface area (Å²) in [5, 5.41) is 6.48. The van der Waals surface area contributed by atoms with Crippen molar-refractivity contribution < 1.29 is 9.59 Å². The average molecular weight is 383 g/mol. The van der Waals surface area contributed by atoms with E-state index in [4.69, 9.17) is 0 Å². The number of nitrogens with one attached hydrogen (secondary N) is 2. The van der Waals surface area contributed by atoms with Crippen LogP contribution in [0.25, 0.3) is 5.65 Å². The van der Waals surface area contributed by atoms with Gasteiger partial charge in [0.15, 0.2) is 0 Å². The number of rotatable bonds is 1. The minimum atomic E-state index is -0.652. The van der Waals surface area contributed by atoms with Crippen LogP contribution in [0.2, 0.25) is 0 Å². The molecular weight excluding hydrogens is 358 g/mol. The van der Waals surface area contributed by atoms with Crippen LogP contribution in [0.1, 0.15) is 37.0 Å². The number of hydrogen-bond acceptors (Lipinski definition) is 5. The molecule has 0 saturated carbocycles. The monoisotopic (exact) mass is 383 g/mol. The van der Waals surface area contributed by atoms with Crippen molar-refractivity contribution >= 4 is 17.5 Å². The molecule has 2 aromatic heterocycles. The molecule has 2 aliphatic heterocycles. The fraction of sp³-hybridized carbons (Fsp3) is 0.500. The fourth-order valence-corrected chi connectivity index (χ4v) is 3.88. The number of hydrogen-bond donors (Lipinski definition) is 2. The summed E-state index contributed by atoms with van der Waals surface area (Å²) in [6.07, 6.45) is 3.99. The van der Waals surface area contributed by atoms with E-state index in [1.807, 2.05) is 0 Å². The zero-order chi connectivity index (χ0) is 19.9.